The van der Waals surface area contributed by atoms with Crippen molar-refractivity contribution in [3.63, 3.8) is 0 Å². The molecule has 0 aromatic rings. The van der Waals surface area contributed by atoms with Crippen molar-refractivity contribution in [2.45, 2.75) is 70.4 Å². The van der Waals surface area contributed by atoms with Gasteiger partial charge in [0.15, 0.2) is 16.6 Å². The molecule has 2 saturated carbocycles. The molecule has 0 amide bonds. The summed E-state index contributed by atoms with van der Waals surface area (Å²) in [5, 5.41) is 0. The molecule has 19 heavy (non-hydrogen) atoms. The number of hydrogen-bond donors (Lipinski definition) is 0. The van der Waals surface area contributed by atoms with Crippen molar-refractivity contribution in [1.82, 2.24) is 0 Å². The number of fused-ring (bicyclic) bond motifs is 2. The van der Waals surface area contributed by atoms with Crippen LogP contribution in [0.2, 0.25) is 37.3 Å². The Balaban J connectivity index is 2.01. The van der Waals surface area contributed by atoms with Crippen molar-refractivity contribution < 1.29 is 8.85 Å². The molecular formula is C15H32O2Si2. The lowest BCUT2D eigenvalue weighted by molar-refractivity contribution is 0.283. The maximum atomic E-state index is 6.15. The van der Waals surface area contributed by atoms with Crippen LogP contribution in [0.1, 0.15) is 33.1 Å². The first-order chi connectivity index (χ1) is 8.81. The van der Waals surface area contributed by atoms with Crippen molar-refractivity contribution in [1.29, 1.82) is 0 Å². The molecule has 2 aliphatic carbocycles. The second kappa shape index (κ2) is 5.62. The molecule has 0 aromatic heterocycles. The van der Waals surface area contributed by atoms with Gasteiger partial charge in [-0.25, -0.2) is 0 Å². The number of rotatable bonds is 6. The molecule has 0 heterocycles. The summed E-state index contributed by atoms with van der Waals surface area (Å²) in [7, 11) is -2.91. The Morgan fingerprint density at radius 1 is 0.737 bits per heavy atom. The summed E-state index contributed by atoms with van der Waals surface area (Å²) in [6, 6.07) is 0. The van der Waals surface area contributed by atoms with E-state index in [1.807, 2.05) is 0 Å². The normalized spacial score (nSPS) is 35.1. The minimum Gasteiger partial charge on any atom is -0.417 e. The number of hydrogen-bond acceptors (Lipinski definition) is 2. The smallest absolute Gasteiger partial charge is 0.190 e. The minimum absolute atomic E-state index is 0.899. The molecule has 2 rings (SSSR count). The predicted octanol–water partition coefficient (Wildman–Crippen LogP) is 4.64. The Bertz CT molecular complexity index is 287. The molecule has 0 aliphatic heterocycles. The van der Waals surface area contributed by atoms with Crippen LogP contribution in [0.4, 0.5) is 0 Å². The maximum absolute atomic E-state index is 6.15. The van der Waals surface area contributed by atoms with Crippen LogP contribution in [0.3, 0.4) is 0 Å². The molecule has 4 heteroatoms. The van der Waals surface area contributed by atoms with Crippen LogP contribution in [0, 0.1) is 11.8 Å². The highest BCUT2D eigenvalue weighted by atomic mass is 28.4. The minimum atomic E-state index is -1.46. The Kier molecular flexibility index (Phi) is 4.66. The Morgan fingerprint density at radius 2 is 1.11 bits per heavy atom. The summed E-state index contributed by atoms with van der Waals surface area (Å²) in [5.74, 6) is 1.88. The van der Waals surface area contributed by atoms with Crippen LogP contribution in [0.15, 0.2) is 0 Å². The highest BCUT2D eigenvalue weighted by Crippen LogP contribution is 2.62. The van der Waals surface area contributed by atoms with Crippen LogP contribution < -0.4 is 0 Å². The van der Waals surface area contributed by atoms with Gasteiger partial charge < -0.3 is 8.85 Å². The molecule has 4 unspecified atom stereocenters. The van der Waals surface area contributed by atoms with Gasteiger partial charge in [-0.1, -0.05) is 0 Å². The van der Waals surface area contributed by atoms with Gasteiger partial charge in [-0.05, 0) is 82.2 Å². The fraction of sp³-hybridized carbons (Fsp3) is 1.00. The first-order valence-electron chi connectivity index (χ1n) is 8.09. The molecule has 2 nitrogen and oxygen atoms in total. The van der Waals surface area contributed by atoms with E-state index in [0.717, 1.165) is 36.1 Å². The van der Waals surface area contributed by atoms with Gasteiger partial charge in [0.25, 0.3) is 0 Å². The highest BCUT2D eigenvalue weighted by molar-refractivity contribution is 6.74. The van der Waals surface area contributed by atoms with Crippen LogP contribution >= 0.6 is 0 Å². The molecule has 0 N–H and O–H groups in total. The van der Waals surface area contributed by atoms with Crippen molar-refractivity contribution >= 4 is 16.6 Å². The lowest BCUT2D eigenvalue weighted by atomic mass is 9.99. The monoisotopic (exact) mass is 300 g/mol. The summed E-state index contributed by atoms with van der Waals surface area (Å²) < 4.78 is 12.3. The summed E-state index contributed by atoms with van der Waals surface area (Å²) >= 11 is 0. The molecule has 4 atom stereocenters. The average Bonchev–Trinajstić information content (AvgIpc) is 2.88. The van der Waals surface area contributed by atoms with Gasteiger partial charge in [-0.2, -0.15) is 0 Å². The van der Waals surface area contributed by atoms with Gasteiger partial charge >= 0.3 is 0 Å². The fourth-order valence-corrected chi connectivity index (χ4v) is 11.4. The molecule has 0 radical (unpaired) electrons. The zero-order valence-electron chi connectivity index (χ0n) is 13.7. The summed E-state index contributed by atoms with van der Waals surface area (Å²) in [6.45, 7) is 15.8. The maximum Gasteiger partial charge on any atom is 0.190 e. The van der Waals surface area contributed by atoms with E-state index in [1.165, 1.54) is 19.3 Å². The summed E-state index contributed by atoms with van der Waals surface area (Å²) in [5.41, 5.74) is 1.81. The fourth-order valence-electron chi connectivity index (χ4n) is 4.94. The standard InChI is InChI=1S/C15H32O2Si2/c1-7-16-18(3,4)14-10-13-9-12(14)11-15(13)19(5,6)17-8-2/h12-15H,7-11H2,1-6H3. The van der Waals surface area contributed by atoms with Gasteiger partial charge in [0.05, 0.1) is 0 Å². The molecule has 2 aliphatic rings. The second-order valence-corrected chi connectivity index (χ2v) is 16.0. The van der Waals surface area contributed by atoms with Gasteiger partial charge in [-0.15, -0.1) is 0 Å². The highest BCUT2D eigenvalue weighted by Gasteiger charge is 2.56. The van der Waals surface area contributed by atoms with Crippen LogP contribution in [0.5, 0.6) is 0 Å². The van der Waals surface area contributed by atoms with E-state index >= 15 is 0 Å². The zero-order chi connectivity index (χ0) is 14.3. The predicted molar refractivity (Wildman–Crippen MR) is 86.5 cm³/mol. The van der Waals surface area contributed by atoms with Gasteiger partial charge in [-0.3, -0.25) is 0 Å². The average molecular weight is 301 g/mol. The van der Waals surface area contributed by atoms with E-state index in [9.17, 15) is 0 Å². The third-order valence-corrected chi connectivity index (χ3v) is 12.7. The summed E-state index contributed by atoms with van der Waals surface area (Å²) in [4.78, 5) is 0. The van der Waals surface area contributed by atoms with Crippen molar-refractivity contribution in [3.8, 4) is 0 Å². The van der Waals surface area contributed by atoms with Gasteiger partial charge in [0.2, 0.25) is 0 Å². The first-order valence-corrected chi connectivity index (χ1v) is 14.1. The van der Waals surface area contributed by atoms with Crippen LogP contribution in [0.25, 0.3) is 0 Å². The molecule has 0 saturated heterocycles. The zero-order valence-corrected chi connectivity index (χ0v) is 15.7. The van der Waals surface area contributed by atoms with E-state index in [1.54, 1.807) is 0 Å². The third kappa shape index (κ3) is 3.01. The Morgan fingerprint density at radius 3 is 1.37 bits per heavy atom. The Hall–Kier alpha value is 0.354. The molecule has 0 aromatic carbocycles. The van der Waals surface area contributed by atoms with E-state index in [2.05, 4.69) is 40.0 Å². The van der Waals surface area contributed by atoms with Crippen molar-refractivity contribution in [2.24, 2.45) is 11.8 Å². The van der Waals surface area contributed by atoms with Crippen LogP contribution in [-0.2, 0) is 8.85 Å². The van der Waals surface area contributed by atoms with Crippen molar-refractivity contribution in [2.75, 3.05) is 13.2 Å². The third-order valence-electron chi connectivity index (χ3n) is 5.68. The molecule has 2 fully saturated rings. The molecule has 112 valence electrons. The van der Waals surface area contributed by atoms with E-state index < -0.39 is 16.6 Å². The summed E-state index contributed by atoms with van der Waals surface area (Å²) in [6.07, 6.45) is 4.32. The van der Waals surface area contributed by atoms with E-state index in [0.29, 0.717) is 0 Å². The lowest BCUT2D eigenvalue weighted by Gasteiger charge is -2.41. The lowest BCUT2D eigenvalue weighted by Crippen LogP contribution is -2.44. The molecule has 0 spiro atoms. The SMILES string of the molecule is CCO[Si](C)(C)C1CC2CC1CC2[Si](C)(C)OCC. The Labute approximate surface area is 121 Å². The molecule has 2 bridgehead atoms. The van der Waals surface area contributed by atoms with E-state index in [4.69, 9.17) is 8.85 Å². The van der Waals surface area contributed by atoms with Crippen LogP contribution in [-0.4, -0.2) is 29.8 Å². The first kappa shape index (κ1) is 15.7. The van der Waals surface area contributed by atoms with Gasteiger partial charge in [0, 0.05) is 13.2 Å². The van der Waals surface area contributed by atoms with Crippen molar-refractivity contribution in [3.05, 3.63) is 0 Å². The van der Waals surface area contributed by atoms with E-state index in [-0.39, 0.29) is 0 Å². The topological polar surface area (TPSA) is 18.5 Å². The molecular weight excluding hydrogens is 268 g/mol. The largest absolute Gasteiger partial charge is 0.417 e. The quantitative estimate of drug-likeness (QED) is 0.665. The second-order valence-electron chi connectivity index (χ2n) is 7.51. The van der Waals surface area contributed by atoms with Gasteiger partial charge in [0.1, 0.15) is 0 Å².